The topological polar surface area (TPSA) is 65.8 Å². The molecule has 98 valence electrons. The van der Waals surface area contributed by atoms with E-state index in [1.807, 2.05) is 7.05 Å². The molecule has 2 heterocycles. The van der Waals surface area contributed by atoms with Crippen molar-refractivity contribution in [3.8, 4) is 0 Å². The van der Waals surface area contributed by atoms with E-state index in [0.29, 0.717) is 18.8 Å². The zero-order valence-corrected chi connectivity index (χ0v) is 10.4. The predicted octanol–water partition coefficient (Wildman–Crippen LogP) is -0.0397. The average Bonchev–Trinajstić information content (AvgIpc) is 2.76. The molecule has 6 heteroatoms. The van der Waals surface area contributed by atoms with Gasteiger partial charge in [0.15, 0.2) is 0 Å². The van der Waals surface area contributed by atoms with Gasteiger partial charge in [0, 0.05) is 32.4 Å². The second-order valence-electron chi connectivity index (χ2n) is 4.51. The summed E-state index contributed by atoms with van der Waals surface area (Å²) < 4.78 is 1.48. The Labute approximate surface area is 105 Å². The van der Waals surface area contributed by atoms with E-state index in [4.69, 9.17) is 5.11 Å². The molecule has 0 bridgehead atoms. The lowest BCUT2D eigenvalue weighted by Gasteiger charge is -2.32. The number of carbonyl (C=O) groups is 2. The molecule has 0 saturated carbocycles. The third-order valence-electron chi connectivity index (χ3n) is 3.14. The van der Waals surface area contributed by atoms with Gasteiger partial charge in [0.25, 0.3) is 5.91 Å². The SMILES string of the molecule is CN1CCN(C(=O)c2cccn2CC(=O)O)CC1. The number of hydrogen-bond acceptors (Lipinski definition) is 3. The van der Waals surface area contributed by atoms with Crippen molar-refractivity contribution in [2.75, 3.05) is 33.2 Å². The van der Waals surface area contributed by atoms with Crippen molar-refractivity contribution in [2.24, 2.45) is 0 Å². The molecule has 0 radical (unpaired) electrons. The van der Waals surface area contributed by atoms with Gasteiger partial charge in [-0.2, -0.15) is 0 Å². The Kier molecular flexibility index (Phi) is 3.66. The van der Waals surface area contributed by atoms with Crippen LogP contribution in [0.3, 0.4) is 0 Å². The first-order valence-electron chi connectivity index (χ1n) is 5.92. The molecule has 0 unspecified atom stereocenters. The van der Waals surface area contributed by atoms with Crippen LogP contribution >= 0.6 is 0 Å². The summed E-state index contributed by atoms with van der Waals surface area (Å²) in [7, 11) is 2.02. The highest BCUT2D eigenvalue weighted by molar-refractivity contribution is 5.93. The van der Waals surface area contributed by atoms with Crippen molar-refractivity contribution in [1.29, 1.82) is 0 Å². The Balaban J connectivity index is 2.09. The molecule has 18 heavy (non-hydrogen) atoms. The van der Waals surface area contributed by atoms with Gasteiger partial charge in [-0.25, -0.2) is 0 Å². The highest BCUT2D eigenvalue weighted by Crippen LogP contribution is 2.09. The molecule has 1 aromatic rings. The first-order chi connectivity index (χ1) is 8.58. The van der Waals surface area contributed by atoms with Gasteiger partial charge in [0.1, 0.15) is 12.2 Å². The fraction of sp³-hybridized carbons (Fsp3) is 0.500. The number of piperazine rings is 1. The van der Waals surface area contributed by atoms with Gasteiger partial charge in [-0.1, -0.05) is 0 Å². The highest BCUT2D eigenvalue weighted by Gasteiger charge is 2.22. The van der Waals surface area contributed by atoms with Crippen LogP contribution in [0.5, 0.6) is 0 Å². The number of carbonyl (C=O) groups excluding carboxylic acids is 1. The van der Waals surface area contributed by atoms with E-state index < -0.39 is 5.97 Å². The molecule has 0 spiro atoms. The molecule has 1 aliphatic heterocycles. The number of aromatic nitrogens is 1. The number of hydrogen-bond donors (Lipinski definition) is 1. The van der Waals surface area contributed by atoms with Crippen LogP contribution < -0.4 is 0 Å². The number of rotatable bonds is 3. The summed E-state index contributed by atoms with van der Waals surface area (Å²) in [4.78, 5) is 26.9. The van der Waals surface area contributed by atoms with Crippen LogP contribution in [-0.4, -0.2) is 64.6 Å². The third-order valence-corrected chi connectivity index (χ3v) is 3.14. The lowest BCUT2D eigenvalue weighted by molar-refractivity contribution is -0.137. The first kappa shape index (κ1) is 12.6. The number of carboxylic acid groups (broad SMARTS) is 1. The lowest BCUT2D eigenvalue weighted by Crippen LogP contribution is -2.47. The molecule has 2 rings (SSSR count). The van der Waals surface area contributed by atoms with Gasteiger partial charge >= 0.3 is 5.97 Å². The van der Waals surface area contributed by atoms with Gasteiger partial charge in [0.2, 0.25) is 0 Å². The third kappa shape index (κ3) is 2.70. The summed E-state index contributed by atoms with van der Waals surface area (Å²) in [5.41, 5.74) is 0.446. The summed E-state index contributed by atoms with van der Waals surface area (Å²) in [6.45, 7) is 2.90. The second kappa shape index (κ2) is 5.22. The fourth-order valence-electron chi connectivity index (χ4n) is 2.06. The first-order valence-corrected chi connectivity index (χ1v) is 5.92. The quantitative estimate of drug-likeness (QED) is 0.818. The van der Waals surface area contributed by atoms with Crippen LogP contribution in [0.25, 0.3) is 0 Å². The maximum absolute atomic E-state index is 12.3. The number of likely N-dealkylation sites (N-methyl/N-ethyl adjacent to an activating group) is 1. The molecular weight excluding hydrogens is 234 g/mol. The average molecular weight is 251 g/mol. The van der Waals surface area contributed by atoms with E-state index in [2.05, 4.69) is 4.90 Å². The fourth-order valence-corrected chi connectivity index (χ4v) is 2.06. The highest BCUT2D eigenvalue weighted by atomic mass is 16.4. The number of aliphatic carboxylic acids is 1. The van der Waals surface area contributed by atoms with Crippen molar-refractivity contribution in [3.63, 3.8) is 0 Å². The van der Waals surface area contributed by atoms with Crippen molar-refractivity contribution in [2.45, 2.75) is 6.54 Å². The van der Waals surface area contributed by atoms with Crippen LogP contribution in [0.1, 0.15) is 10.5 Å². The predicted molar refractivity (Wildman–Crippen MR) is 65.5 cm³/mol. The van der Waals surface area contributed by atoms with E-state index in [1.165, 1.54) is 4.57 Å². The van der Waals surface area contributed by atoms with E-state index >= 15 is 0 Å². The molecule has 1 amide bonds. The van der Waals surface area contributed by atoms with Crippen molar-refractivity contribution >= 4 is 11.9 Å². The van der Waals surface area contributed by atoms with Crippen LogP contribution in [0.4, 0.5) is 0 Å². The van der Waals surface area contributed by atoms with E-state index in [1.54, 1.807) is 23.2 Å². The Morgan fingerprint density at radius 1 is 1.28 bits per heavy atom. The maximum atomic E-state index is 12.3. The maximum Gasteiger partial charge on any atom is 0.323 e. The minimum atomic E-state index is -0.946. The summed E-state index contributed by atoms with van der Waals surface area (Å²) in [5.74, 6) is -1.03. The minimum Gasteiger partial charge on any atom is -0.480 e. The Bertz CT molecular complexity index is 447. The Morgan fingerprint density at radius 2 is 1.94 bits per heavy atom. The monoisotopic (exact) mass is 251 g/mol. The Morgan fingerprint density at radius 3 is 2.56 bits per heavy atom. The summed E-state index contributed by atoms with van der Waals surface area (Å²) in [6, 6.07) is 3.37. The minimum absolute atomic E-state index is 0.0886. The molecule has 1 aliphatic rings. The second-order valence-corrected chi connectivity index (χ2v) is 4.51. The number of amides is 1. The Hall–Kier alpha value is -1.82. The van der Waals surface area contributed by atoms with E-state index in [9.17, 15) is 9.59 Å². The van der Waals surface area contributed by atoms with Crippen LogP contribution in [0.15, 0.2) is 18.3 Å². The largest absolute Gasteiger partial charge is 0.480 e. The van der Waals surface area contributed by atoms with Crippen molar-refractivity contribution in [1.82, 2.24) is 14.4 Å². The number of carboxylic acids is 1. The zero-order chi connectivity index (χ0) is 13.1. The van der Waals surface area contributed by atoms with Crippen LogP contribution in [-0.2, 0) is 11.3 Å². The molecule has 1 aromatic heterocycles. The molecule has 0 atom stereocenters. The number of nitrogens with zero attached hydrogens (tertiary/aromatic N) is 3. The van der Waals surface area contributed by atoms with Gasteiger partial charge < -0.3 is 19.5 Å². The van der Waals surface area contributed by atoms with Gasteiger partial charge in [0.05, 0.1) is 0 Å². The van der Waals surface area contributed by atoms with Gasteiger partial charge in [-0.05, 0) is 19.2 Å². The molecule has 1 N–H and O–H groups in total. The molecule has 1 saturated heterocycles. The van der Waals surface area contributed by atoms with Gasteiger partial charge in [-0.3, -0.25) is 9.59 Å². The normalized spacial score (nSPS) is 16.8. The lowest BCUT2D eigenvalue weighted by atomic mass is 10.3. The van der Waals surface area contributed by atoms with Crippen LogP contribution in [0, 0.1) is 0 Å². The molecule has 1 fully saturated rings. The van der Waals surface area contributed by atoms with Crippen molar-refractivity contribution < 1.29 is 14.7 Å². The molecule has 0 aromatic carbocycles. The molecule has 6 nitrogen and oxygen atoms in total. The van der Waals surface area contributed by atoms with E-state index in [0.717, 1.165) is 13.1 Å². The summed E-state index contributed by atoms with van der Waals surface area (Å²) >= 11 is 0. The van der Waals surface area contributed by atoms with E-state index in [-0.39, 0.29) is 12.5 Å². The summed E-state index contributed by atoms with van der Waals surface area (Å²) in [5, 5.41) is 8.78. The smallest absolute Gasteiger partial charge is 0.323 e. The molecule has 0 aliphatic carbocycles. The van der Waals surface area contributed by atoms with Crippen molar-refractivity contribution in [3.05, 3.63) is 24.0 Å². The molecular formula is C12H17N3O3. The van der Waals surface area contributed by atoms with Gasteiger partial charge in [-0.15, -0.1) is 0 Å². The standard InChI is InChI=1S/C12H17N3O3/c1-13-5-7-14(8-6-13)12(18)10-3-2-4-15(10)9-11(16)17/h2-4H,5-9H2,1H3,(H,16,17). The summed E-state index contributed by atoms with van der Waals surface area (Å²) in [6.07, 6.45) is 1.62. The zero-order valence-electron chi connectivity index (χ0n) is 10.4. The van der Waals surface area contributed by atoms with Crippen LogP contribution in [0.2, 0.25) is 0 Å².